The van der Waals surface area contributed by atoms with Crippen molar-refractivity contribution in [1.29, 1.82) is 0 Å². The zero-order valence-electron chi connectivity index (χ0n) is 11.8. The highest BCUT2D eigenvalue weighted by atomic mass is 79.9. The Hall–Kier alpha value is -1.92. The molecule has 0 radical (unpaired) electrons. The van der Waals surface area contributed by atoms with Gasteiger partial charge in [-0.05, 0) is 35.9 Å². The Kier molecular flexibility index (Phi) is 4.63. The number of benzene rings is 2. The first-order chi connectivity index (χ1) is 11.0. The third-order valence-electron chi connectivity index (χ3n) is 3.21. The SMILES string of the molecule is O=C(OCc1cc(Cl)c2c(c1)OCCO2)c1cc(Br)ccc1O. The molecule has 0 saturated carbocycles. The van der Waals surface area contributed by atoms with Crippen LogP contribution < -0.4 is 9.47 Å². The monoisotopic (exact) mass is 398 g/mol. The van der Waals surface area contributed by atoms with Gasteiger partial charge in [-0.15, -0.1) is 0 Å². The van der Waals surface area contributed by atoms with Gasteiger partial charge in [-0.1, -0.05) is 27.5 Å². The summed E-state index contributed by atoms with van der Waals surface area (Å²) in [7, 11) is 0. The second-order valence-electron chi connectivity index (χ2n) is 4.84. The fourth-order valence-corrected chi connectivity index (χ4v) is 2.79. The first kappa shape index (κ1) is 16.0. The van der Waals surface area contributed by atoms with Crippen LogP contribution in [0.3, 0.4) is 0 Å². The van der Waals surface area contributed by atoms with E-state index in [-0.39, 0.29) is 17.9 Å². The second kappa shape index (κ2) is 6.68. The predicted octanol–water partition coefficient (Wildman–Crippen LogP) is 3.94. The van der Waals surface area contributed by atoms with Crippen molar-refractivity contribution < 1.29 is 24.1 Å². The van der Waals surface area contributed by atoms with Crippen LogP contribution in [0.5, 0.6) is 17.2 Å². The number of hydrogen-bond acceptors (Lipinski definition) is 5. The third kappa shape index (κ3) is 3.54. The Morgan fingerprint density at radius 2 is 2.04 bits per heavy atom. The van der Waals surface area contributed by atoms with Crippen LogP contribution in [0.1, 0.15) is 15.9 Å². The zero-order valence-corrected chi connectivity index (χ0v) is 14.2. The largest absolute Gasteiger partial charge is 0.507 e. The minimum atomic E-state index is -0.630. The maximum Gasteiger partial charge on any atom is 0.342 e. The Balaban J connectivity index is 1.74. The summed E-state index contributed by atoms with van der Waals surface area (Å²) < 4.78 is 16.8. The van der Waals surface area contributed by atoms with Crippen LogP contribution in [-0.4, -0.2) is 24.3 Å². The molecule has 3 rings (SSSR count). The standard InChI is InChI=1S/C16H12BrClO5/c17-10-1-2-13(19)11(7-10)16(20)23-8-9-5-12(18)15-14(6-9)21-3-4-22-15/h1-2,5-7,19H,3-4,8H2. The molecule has 1 aliphatic rings. The number of fused-ring (bicyclic) bond motifs is 1. The number of aromatic hydroxyl groups is 1. The maximum atomic E-state index is 12.1. The van der Waals surface area contributed by atoms with Crippen LogP contribution in [0.4, 0.5) is 0 Å². The molecule has 5 nitrogen and oxygen atoms in total. The molecule has 0 bridgehead atoms. The van der Waals surface area contributed by atoms with E-state index in [1.165, 1.54) is 12.1 Å². The average molecular weight is 400 g/mol. The van der Waals surface area contributed by atoms with Crippen molar-refractivity contribution in [2.75, 3.05) is 13.2 Å². The molecule has 0 aromatic heterocycles. The highest BCUT2D eigenvalue weighted by Gasteiger charge is 2.18. The molecule has 7 heteroatoms. The van der Waals surface area contributed by atoms with Crippen LogP contribution in [0.25, 0.3) is 0 Å². The van der Waals surface area contributed by atoms with Crippen molar-refractivity contribution in [3.63, 3.8) is 0 Å². The van der Waals surface area contributed by atoms with Gasteiger partial charge in [0.2, 0.25) is 0 Å². The fourth-order valence-electron chi connectivity index (χ4n) is 2.15. The first-order valence-corrected chi connectivity index (χ1v) is 7.95. The number of carbonyl (C=O) groups is 1. The molecule has 0 fully saturated rings. The van der Waals surface area contributed by atoms with Gasteiger partial charge in [0.05, 0.1) is 5.02 Å². The summed E-state index contributed by atoms with van der Waals surface area (Å²) in [5.74, 6) is 0.256. The quantitative estimate of drug-likeness (QED) is 0.792. The number of halogens is 2. The van der Waals surface area contributed by atoms with Crippen molar-refractivity contribution in [3.8, 4) is 17.2 Å². The molecule has 2 aromatic rings. The topological polar surface area (TPSA) is 65.0 Å². The molecule has 0 unspecified atom stereocenters. The van der Waals surface area contributed by atoms with Crippen molar-refractivity contribution >= 4 is 33.5 Å². The van der Waals surface area contributed by atoms with E-state index >= 15 is 0 Å². The summed E-state index contributed by atoms with van der Waals surface area (Å²) in [6.45, 7) is 0.892. The van der Waals surface area contributed by atoms with Crippen LogP contribution in [-0.2, 0) is 11.3 Å². The molecule has 0 amide bonds. The number of phenolic OH excluding ortho intramolecular Hbond substituents is 1. The lowest BCUT2D eigenvalue weighted by Crippen LogP contribution is -2.16. The maximum absolute atomic E-state index is 12.1. The Morgan fingerprint density at radius 1 is 1.26 bits per heavy atom. The van der Waals surface area contributed by atoms with Gasteiger partial charge in [-0.3, -0.25) is 0 Å². The van der Waals surface area contributed by atoms with Gasteiger partial charge in [0.1, 0.15) is 31.1 Å². The van der Waals surface area contributed by atoms with Gasteiger partial charge >= 0.3 is 5.97 Å². The summed E-state index contributed by atoms with van der Waals surface area (Å²) in [5, 5.41) is 10.1. The summed E-state index contributed by atoms with van der Waals surface area (Å²) in [4.78, 5) is 12.1. The second-order valence-corrected chi connectivity index (χ2v) is 6.16. The molecular weight excluding hydrogens is 388 g/mol. The van der Waals surface area contributed by atoms with Gasteiger partial charge in [0.25, 0.3) is 0 Å². The number of rotatable bonds is 3. The number of ether oxygens (including phenoxy) is 3. The molecule has 2 aromatic carbocycles. The molecule has 0 aliphatic carbocycles. The van der Waals surface area contributed by atoms with Crippen LogP contribution in [0, 0.1) is 0 Å². The van der Waals surface area contributed by atoms with Gasteiger partial charge in [-0.25, -0.2) is 4.79 Å². The average Bonchev–Trinajstić information content (AvgIpc) is 2.55. The molecule has 0 saturated heterocycles. The van der Waals surface area contributed by atoms with Crippen LogP contribution >= 0.6 is 27.5 Å². The van der Waals surface area contributed by atoms with Crippen molar-refractivity contribution in [1.82, 2.24) is 0 Å². The van der Waals surface area contributed by atoms with Gasteiger partial charge < -0.3 is 19.3 Å². The predicted molar refractivity (Wildman–Crippen MR) is 87.4 cm³/mol. The molecule has 23 heavy (non-hydrogen) atoms. The van der Waals surface area contributed by atoms with Crippen molar-refractivity contribution in [3.05, 3.63) is 51.0 Å². The molecular formula is C16H12BrClO5. The van der Waals surface area contributed by atoms with Crippen LogP contribution in [0.15, 0.2) is 34.8 Å². The van der Waals surface area contributed by atoms with Crippen molar-refractivity contribution in [2.24, 2.45) is 0 Å². The van der Waals surface area contributed by atoms with E-state index in [4.69, 9.17) is 25.8 Å². The summed E-state index contributed by atoms with van der Waals surface area (Å²) in [6, 6.07) is 7.92. The smallest absolute Gasteiger partial charge is 0.342 e. The normalized spacial score (nSPS) is 12.8. The van der Waals surface area contributed by atoms with Crippen molar-refractivity contribution in [2.45, 2.75) is 6.61 Å². The lowest BCUT2D eigenvalue weighted by Gasteiger charge is -2.20. The molecule has 1 aliphatic heterocycles. The fraction of sp³-hybridized carbons (Fsp3) is 0.188. The highest BCUT2D eigenvalue weighted by molar-refractivity contribution is 9.10. The number of esters is 1. The third-order valence-corrected chi connectivity index (χ3v) is 3.98. The molecule has 1 N–H and O–H groups in total. The lowest BCUT2D eigenvalue weighted by atomic mass is 10.2. The molecule has 0 spiro atoms. The zero-order chi connectivity index (χ0) is 16.4. The number of carbonyl (C=O) groups excluding carboxylic acids is 1. The van der Waals surface area contributed by atoms with E-state index in [0.717, 1.165) is 0 Å². The van der Waals surface area contributed by atoms with Gasteiger partial charge in [0, 0.05) is 4.47 Å². The van der Waals surface area contributed by atoms with E-state index in [1.54, 1.807) is 18.2 Å². The first-order valence-electron chi connectivity index (χ1n) is 6.78. The van der Waals surface area contributed by atoms with Gasteiger partial charge in [-0.2, -0.15) is 0 Å². The molecule has 0 atom stereocenters. The lowest BCUT2D eigenvalue weighted by molar-refractivity contribution is 0.0468. The van der Waals surface area contributed by atoms with E-state index in [2.05, 4.69) is 15.9 Å². The Morgan fingerprint density at radius 3 is 2.87 bits per heavy atom. The summed E-state index contributed by atoms with van der Waals surface area (Å²) in [6.07, 6.45) is 0. The Bertz CT molecular complexity index is 762. The Labute approximate surface area is 145 Å². The number of hydrogen-bond donors (Lipinski definition) is 1. The minimum Gasteiger partial charge on any atom is -0.507 e. The summed E-state index contributed by atoms with van der Waals surface area (Å²) >= 11 is 9.38. The minimum absolute atomic E-state index is 0.00114. The highest BCUT2D eigenvalue weighted by Crippen LogP contribution is 2.38. The molecule has 120 valence electrons. The van der Waals surface area contributed by atoms with Gasteiger partial charge in [0.15, 0.2) is 11.5 Å². The van der Waals surface area contributed by atoms with E-state index < -0.39 is 5.97 Å². The van der Waals surface area contributed by atoms with E-state index in [1.807, 2.05) is 0 Å². The van der Waals surface area contributed by atoms with E-state index in [9.17, 15) is 9.90 Å². The summed E-state index contributed by atoms with van der Waals surface area (Å²) in [5.41, 5.74) is 0.755. The molecule has 1 heterocycles. The number of phenols is 1. The van der Waals surface area contributed by atoms with Crippen LogP contribution in [0.2, 0.25) is 5.02 Å². The van der Waals surface area contributed by atoms with E-state index in [0.29, 0.717) is 39.8 Å².